The summed E-state index contributed by atoms with van der Waals surface area (Å²) >= 11 is 3.74. The maximum absolute atomic E-state index is 13.0. The lowest BCUT2D eigenvalue weighted by Crippen LogP contribution is -2.70. The summed E-state index contributed by atoms with van der Waals surface area (Å²) in [7, 11) is 0. The first kappa shape index (κ1) is 12.0. The van der Waals surface area contributed by atoms with Crippen LogP contribution in [0, 0.1) is 0 Å². The Hall–Kier alpha value is -0.780. The van der Waals surface area contributed by atoms with Crippen molar-refractivity contribution in [2.45, 2.75) is 9.74 Å². The molecule has 0 radical (unpaired) electrons. The number of alkyl halides is 1. The number of carbonyl (C=O) groups excluding carboxylic acids is 1. The highest BCUT2D eigenvalue weighted by molar-refractivity contribution is 9.10. The van der Waals surface area contributed by atoms with Crippen molar-refractivity contribution in [2.75, 3.05) is 39.3 Å². The summed E-state index contributed by atoms with van der Waals surface area (Å²) in [5.74, 6) is 0.327. The summed E-state index contributed by atoms with van der Waals surface area (Å²) in [4.78, 5) is 22.4. The fourth-order valence-electron chi connectivity index (χ4n) is 3.92. The van der Waals surface area contributed by atoms with E-state index < -0.39 is 9.74 Å². The van der Waals surface area contributed by atoms with Crippen molar-refractivity contribution in [1.82, 2.24) is 14.8 Å². The van der Waals surface area contributed by atoms with E-state index in [1.54, 1.807) is 6.20 Å². The number of hydrogen-bond donors (Lipinski definition) is 0. The van der Waals surface area contributed by atoms with Gasteiger partial charge < -0.3 is 0 Å². The zero-order valence-electron chi connectivity index (χ0n) is 10.7. The Morgan fingerprint density at radius 3 is 2.37 bits per heavy atom. The topological polar surface area (TPSA) is 36.4 Å². The predicted octanol–water partition coefficient (Wildman–Crippen LogP) is 0.667. The van der Waals surface area contributed by atoms with E-state index in [0.717, 1.165) is 45.0 Å². The average Bonchev–Trinajstić information content (AvgIpc) is 2.64. The molecule has 4 saturated heterocycles. The van der Waals surface area contributed by atoms with Gasteiger partial charge in [0.05, 0.1) is 11.1 Å². The van der Waals surface area contributed by atoms with E-state index in [1.807, 2.05) is 18.2 Å². The largest absolute Gasteiger partial charge is 0.299 e. The summed E-state index contributed by atoms with van der Waals surface area (Å²) in [5.41, 5.74) is 0.484. The summed E-state index contributed by atoms with van der Waals surface area (Å²) in [6.45, 7) is 5.39. The van der Waals surface area contributed by atoms with Crippen molar-refractivity contribution in [3.63, 3.8) is 0 Å². The number of Topliss-reactive ketones (excluding diaryl/α,β-unsaturated/α-hetero) is 1. The number of fused-ring (bicyclic) bond motifs is 1. The van der Waals surface area contributed by atoms with E-state index in [0.29, 0.717) is 5.78 Å². The number of pyridine rings is 1. The molecular weight excluding hydrogens is 306 g/mol. The second-order valence-corrected chi connectivity index (χ2v) is 7.53. The molecule has 5 rings (SSSR count). The van der Waals surface area contributed by atoms with E-state index in [2.05, 4.69) is 30.7 Å². The van der Waals surface area contributed by atoms with Crippen LogP contribution < -0.4 is 0 Å². The summed E-state index contributed by atoms with van der Waals surface area (Å²) in [6.07, 6.45) is 1.79. The molecule has 5 heteroatoms. The standard InChI is InChI=1S/C14H16BrN3O/c15-14-9-17-5-6-18(10-14)8-13(7-17,12(14)19)11-3-1-2-4-16-11/h1-4H,5-10H2. The first-order valence-electron chi connectivity index (χ1n) is 6.73. The Bertz CT molecular complexity index is 517. The van der Waals surface area contributed by atoms with Gasteiger partial charge in [0.1, 0.15) is 4.32 Å². The van der Waals surface area contributed by atoms with E-state index in [-0.39, 0.29) is 0 Å². The first-order valence-corrected chi connectivity index (χ1v) is 7.52. The molecule has 4 bridgehead atoms. The average molecular weight is 322 g/mol. The second kappa shape index (κ2) is 3.87. The normalized spacial score (nSPS) is 44.4. The molecule has 4 fully saturated rings. The third-order valence-corrected chi connectivity index (χ3v) is 5.53. The fraction of sp³-hybridized carbons (Fsp3) is 0.571. The molecule has 0 amide bonds. The van der Waals surface area contributed by atoms with E-state index in [4.69, 9.17) is 0 Å². The lowest BCUT2D eigenvalue weighted by atomic mass is 9.69. The zero-order valence-corrected chi connectivity index (χ0v) is 12.3. The summed E-state index contributed by atoms with van der Waals surface area (Å²) in [5, 5.41) is 0. The predicted molar refractivity (Wildman–Crippen MR) is 75.5 cm³/mol. The minimum absolute atomic E-state index is 0.327. The van der Waals surface area contributed by atoms with Gasteiger partial charge >= 0.3 is 0 Å². The van der Waals surface area contributed by atoms with Crippen LogP contribution in [-0.2, 0) is 10.2 Å². The van der Waals surface area contributed by atoms with Gasteiger partial charge in [0.2, 0.25) is 0 Å². The molecule has 4 aliphatic heterocycles. The van der Waals surface area contributed by atoms with E-state index >= 15 is 0 Å². The number of halogens is 1. The number of nitrogens with zero attached hydrogens (tertiary/aromatic N) is 3. The van der Waals surface area contributed by atoms with Crippen molar-refractivity contribution in [1.29, 1.82) is 0 Å². The van der Waals surface area contributed by atoms with Gasteiger partial charge in [-0.1, -0.05) is 22.0 Å². The molecule has 0 aliphatic carbocycles. The van der Waals surface area contributed by atoms with Gasteiger partial charge in [-0.15, -0.1) is 0 Å². The van der Waals surface area contributed by atoms with Crippen molar-refractivity contribution >= 4 is 21.7 Å². The van der Waals surface area contributed by atoms with Gasteiger partial charge in [0.25, 0.3) is 0 Å². The molecule has 4 aliphatic rings. The summed E-state index contributed by atoms with van der Waals surface area (Å²) < 4.78 is -0.405. The van der Waals surface area contributed by atoms with Gasteiger partial charge in [-0.05, 0) is 12.1 Å². The zero-order chi connectivity index (χ0) is 13.1. The van der Waals surface area contributed by atoms with Crippen LogP contribution in [0.4, 0.5) is 0 Å². The second-order valence-electron chi connectivity index (χ2n) is 6.01. The number of piperidine rings is 2. The Labute approximate surface area is 120 Å². The van der Waals surface area contributed by atoms with E-state index in [1.165, 1.54) is 0 Å². The molecule has 0 aromatic carbocycles. The molecule has 5 heterocycles. The van der Waals surface area contributed by atoms with Crippen LogP contribution >= 0.6 is 15.9 Å². The number of hydrogen-bond acceptors (Lipinski definition) is 4. The Morgan fingerprint density at radius 2 is 1.79 bits per heavy atom. The van der Waals surface area contributed by atoms with Gasteiger partial charge in [0.15, 0.2) is 5.78 Å². The molecule has 1 aromatic rings. The number of aromatic nitrogens is 1. The molecule has 4 nitrogen and oxygen atoms in total. The van der Waals surface area contributed by atoms with E-state index in [9.17, 15) is 4.79 Å². The monoisotopic (exact) mass is 321 g/mol. The quantitative estimate of drug-likeness (QED) is 0.712. The number of carbonyl (C=O) groups is 1. The highest BCUT2D eigenvalue weighted by atomic mass is 79.9. The molecule has 1 aromatic heterocycles. The highest BCUT2D eigenvalue weighted by Crippen LogP contribution is 2.44. The molecule has 2 unspecified atom stereocenters. The van der Waals surface area contributed by atoms with Gasteiger partial charge in [0, 0.05) is 45.5 Å². The van der Waals surface area contributed by atoms with Gasteiger partial charge in [-0.25, -0.2) is 0 Å². The molecule has 0 N–H and O–H groups in total. The molecule has 0 saturated carbocycles. The van der Waals surface area contributed by atoms with Crippen LogP contribution in [0.2, 0.25) is 0 Å². The van der Waals surface area contributed by atoms with Crippen LogP contribution in [0.3, 0.4) is 0 Å². The lowest BCUT2D eigenvalue weighted by molar-refractivity contribution is -0.135. The number of rotatable bonds is 1. The Balaban J connectivity index is 1.89. The minimum Gasteiger partial charge on any atom is -0.299 e. The van der Waals surface area contributed by atoms with Crippen molar-refractivity contribution in [3.05, 3.63) is 30.1 Å². The van der Waals surface area contributed by atoms with Crippen LogP contribution in [0.15, 0.2) is 24.4 Å². The third kappa shape index (κ3) is 1.58. The Morgan fingerprint density at radius 1 is 1.11 bits per heavy atom. The SMILES string of the molecule is O=C1C2(Br)CN3CCN(C2)CC1(c1ccccn1)C3. The van der Waals surface area contributed by atoms with Crippen LogP contribution in [0.1, 0.15) is 5.69 Å². The third-order valence-electron chi connectivity index (χ3n) is 4.66. The first-order chi connectivity index (χ1) is 9.12. The molecule has 100 valence electrons. The molecule has 19 heavy (non-hydrogen) atoms. The molecular formula is C14H16BrN3O. The maximum atomic E-state index is 13.0. The number of ketones is 1. The van der Waals surface area contributed by atoms with Crippen LogP contribution in [0.5, 0.6) is 0 Å². The van der Waals surface area contributed by atoms with Crippen LogP contribution in [-0.4, -0.2) is 64.2 Å². The lowest BCUT2D eigenvalue weighted by Gasteiger charge is -2.51. The summed E-state index contributed by atoms with van der Waals surface area (Å²) in [6, 6.07) is 5.90. The maximum Gasteiger partial charge on any atom is 0.166 e. The van der Waals surface area contributed by atoms with Gasteiger partial charge in [-0.3, -0.25) is 19.6 Å². The Kier molecular flexibility index (Phi) is 2.44. The van der Waals surface area contributed by atoms with Gasteiger partial charge in [-0.2, -0.15) is 0 Å². The minimum atomic E-state index is -0.447. The van der Waals surface area contributed by atoms with Crippen LogP contribution in [0.25, 0.3) is 0 Å². The van der Waals surface area contributed by atoms with Crippen molar-refractivity contribution < 1.29 is 4.79 Å². The van der Waals surface area contributed by atoms with Crippen molar-refractivity contribution in [2.24, 2.45) is 0 Å². The van der Waals surface area contributed by atoms with Crippen molar-refractivity contribution in [3.8, 4) is 0 Å². The molecule has 2 atom stereocenters. The fourth-order valence-corrected chi connectivity index (χ4v) is 5.01. The molecule has 0 spiro atoms. The highest BCUT2D eigenvalue weighted by Gasteiger charge is 2.61. The smallest absolute Gasteiger partial charge is 0.166 e.